The quantitative estimate of drug-likeness (QED) is 0.812. The van der Waals surface area contributed by atoms with Gasteiger partial charge in [-0.1, -0.05) is 11.6 Å². The lowest BCUT2D eigenvalue weighted by molar-refractivity contribution is 0.0493. The number of thiophene rings is 1. The normalized spacial score (nSPS) is 27.2. The van der Waals surface area contributed by atoms with Gasteiger partial charge in [0.15, 0.2) is 0 Å². The van der Waals surface area contributed by atoms with E-state index in [1.807, 2.05) is 11.4 Å². The minimum absolute atomic E-state index is 0.155. The zero-order chi connectivity index (χ0) is 9.26. The van der Waals surface area contributed by atoms with Crippen molar-refractivity contribution in [3.63, 3.8) is 0 Å². The zero-order valence-corrected chi connectivity index (χ0v) is 8.74. The summed E-state index contributed by atoms with van der Waals surface area (Å²) in [6.45, 7) is 0.768. The highest BCUT2D eigenvalue weighted by molar-refractivity contribution is 7.14. The first-order valence-electron chi connectivity index (χ1n) is 4.40. The molecular formula is C9H12ClNOS. The summed E-state index contributed by atoms with van der Waals surface area (Å²) < 4.78 is 0.848. The van der Waals surface area contributed by atoms with Gasteiger partial charge in [0.05, 0.1) is 10.4 Å². The van der Waals surface area contributed by atoms with Gasteiger partial charge in [-0.05, 0) is 29.9 Å². The molecule has 0 spiro atoms. The van der Waals surface area contributed by atoms with Crippen molar-refractivity contribution in [1.82, 2.24) is 5.32 Å². The van der Waals surface area contributed by atoms with Crippen LogP contribution in [0, 0.1) is 0 Å². The molecule has 4 heteroatoms. The summed E-state index contributed by atoms with van der Waals surface area (Å²) in [6.07, 6.45) is 1.84. The molecule has 0 unspecified atom stereocenters. The summed E-state index contributed by atoms with van der Waals surface area (Å²) in [5, 5.41) is 14.6. The van der Waals surface area contributed by atoms with Crippen molar-refractivity contribution in [2.45, 2.75) is 31.5 Å². The Bertz CT molecular complexity index is 289. The maximum atomic E-state index is 9.31. The third kappa shape index (κ3) is 2.05. The summed E-state index contributed by atoms with van der Waals surface area (Å²) in [5.41, 5.74) is 1.13. The molecule has 1 aromatic heterocycles. The molecule has 1 fully saturated rings. The summed E-state index contributed by atoms with van der Waals surface area (Å²) in [4.78, 5) is 0. The SMILES string of the molecule is O[C@@H]1CC[C@H]1NCc1ccsc1Cl. The van der Waals surface area contributed by atoms with Crippen LogP contribution in [0.4, 0.5) is 0 Å². The highest BCUT2D eigenvalue weighted by Gasteiger charge is 2.27. The fourth-order valence-corrected chi connectivity index (χ4v) is 2.33. The zero-order valence-electron chi connectivity index (χ0n) is 7.16. The average Bonchev–Trinajstić information content (AvgIpc) is 2.50. The minimum Gasteiger partial charge on any atom is -0.392 e. The predicted octanol–water partition coefficient (Wildman–Crippen LogP) is 2.01. The lowest BCUT2D eigenvalue weighted by Gasteiger charge is -2.33. The largest absolute Gasteiger partial charge is 0.392 e. The van der Waals surface area contributed by atoms with Crippen LogP contribution in [0.3, 0.4) is 0 Å². The Morgan fingerprint density at radius 3 is 2.92 bits per heavy atom. The van der Waals surface area contributed by atoms with Crippen molar-refractivity contribution >= 4 is 22.9 Å². The summed E-state index contributed by atoms with van der Waals surface area (Å²) in [6, 6.07) is 2.29. The van der Waals surface area contributed by atoms with Crippen molar-refractivity contribution in [2.24, 2.45) is 0 Å². The Labute approximate surface area is 86.5 Å². The molecule has 0 amide bonds. The first-order valence-corrected chi connectivity index (χ1v) is 5.66. The molecule has 2 atom stereocenters. The molecule has 1 aliphatic rings. The van der Waals surface area contributed by atoms with E-state index in [9.17, 15) is 5.11 Å². The second kappa shape index (κ2) is 3.96. The molecular weight excluding hydrogens is 206 g/mol. The van der Waals surface area contributed by atoms with Crippen LogP contribution in [0.1, 0.15) is 18.4 Å². The molecule has 1 saturated carbocycles. The number of halogens is 1. The molecule has 0 bridgehead atoms. The molecule has 1 aliphatic carbocycles. The lowest BCUT2D eigenvalue weighted by atomic mass is 9.89. The average molecular weight is 218 g/mol. The van der Waals surface area contributed by atoms with Crippen LogP contribution in [0.2, 0.25) is 4.34 Å². The van der Waals surface area contributed by atoms with Crippen LogP contribution >= 0.6 is 22.9 Å². The molecule has 0 aliphatic heterocycles. The molecule has 13 heavy (non-hydrogen) atoms. The molecule has 0 radical (unpaired) electrons. The molecule has 1 heterocycles. The van der Waals surface area contributed by atoms with Gasteiger partial charge in [-0.3, -0.25) is 0 Å². The van der Waals surface area contributed by atoms with Crippen LogP contribution in [0.25, 0.3) is 0 Å². The number of hydrogen-bond donors (Lipinski definition) is 2. The van der Waals surface area contributed by atoms with Gasteiger partial charge in [0.1, 0.15) is 0 Å². The van der Waals surface area contributed by atoms with Crippen molar-refractivity contribution in [2.75, 3.05) is 0 Å². The first-order chi connectivity index (χ1) is 6.27. The van der Waals surface area contributed by atoms with Crippen LogP contribution < -0.4 is 5.32 Å². The summed E-state index contributed by atoms with van der Waals surface area (Å²) in [5.74, 6) is 0. The van der Waals surface area contributed by atoms with E-state index in [-0.39, 0.29) is 12.1 Å². The molecule has 0 aromatic carbocycles. The molecule has 72 valence electrons. The smallest absolute Gasteiger partial charge is 0.0973 e. The fraction of sp³-hybridized carbons (Fsp3) is 0.556. The number of rotatable bonds is 3. The molecule has 2 rings (SSSR count). The Kier molecular flexibility index (Phi) is 2.89. The molecule has 0 saturated heterocycles. The number of hydrogen-bond acceptors (Lipinski definition) is 3. The second-order valence-electron chi connectivity index (χ2n) is 3.35. The van der Waals surface area contributed by atoms with E-state index in [0.717, 1.165) is 29.3 Å². The van der Waals surface area contributed by atoms with Gasteiger partial charge < -0.3 is 10.4 Å². The molecule has 1 aromatic rings. The number of aliphatic hydroxyl groups excluding tert-OH is 1. The highest BCUT2D eigenvalue weighted by Crippen LogP contribution is 2.24. The molecule has 2 nitrogen and oxygen atoms in total. The van der Waals surface area contributed by atoms with Gasteiger partial charge in [-0.25, -0.2) is 0 Å². The van der Waals surface area contributed by atoms with Crippen LogP contribution in [-0.4, -0.2) is 17.3 Å². The topological polar surface area (TPSA) is 32.3 Å². The van der Waals surface area contributed by atoms with Gasteiger partial charge >= 0.3 is 0 Å². The van der Waals surface area contributed by atoms with E-state index in [2.05, 4.69) is 5.32 Å². The second-order valence-corrected chi connectivity index (χ2v) is 4.87. The van der Waals surface area contributed by atoms with Crippen LogP contribution in [-0.2, 0) is 6.54 Å². The monoisotopic (exact) mass is 217 g/mol. The number of aliphatic hydroxyl groups is 1. The van der Waals surface area contributed by atoms with E-state index in [1.165, 1.54) is 0 Å². The van der Waals surface area contributed by atoms with Crippen LogP contribution in [0.15, 0.2) is 11.4 Å². The van der Waals surface area contributed by atoms with Gasteiger partial charge in [-0.2, -0.15) is 0 Å². The van der Waals surface area contributed by atoms with E-state index < -0.39 is 0 Å². The minimum atomic E-state index is -0.155. The van der Waals surface area contributed by atoms with E-state index in [0.29, 0.717) is 0 Å². The molecule has 2 N–H and O–H groups in total. The van der Waals surface area contributed by atoms with Gasteiger partial charge in [-0.15, -0.1) is 11.3 Å². The van der Waals surface area contributed by atoms with Gasteiger partial charge in [0.25, 0.3) is 0 Å². The first kappa shape index (κ1) is 9.46. The van der Waals surface area contributed by atoms with Gasteiger partial charge in [0, 0.05) is 12.6 Å². The van der Waals surface area contributed by atoms with Crippen molar-refractivity contribution in [3.05, 3.63) is 21.3 Å². The van der Waals surface area contributed by atoms with Crippen molar-refractivity contribution in [3.8, 4) is 0 Å². The van der Waals surface area contributed by atoms with Gasteiger partial charge in [0.2, 0.25) is 0 Å². The number of nitrogens with one attached hydrogen (secondary N) is 1. The third-order valence-electron chi connectivity index (χ3n) is 2.49. The van der Waals surface area contributed by atoms with Crippen LogP contribution in [0.5, 0.6) is 0 Å². The van der Waals surface area contributed by atoms with E-state index in [1.54, 1.807) is 11.3 Å². The Balaban J connectivity index is 1.83. The maximum Gasteiger partial charge on any atom is 0.0973 e. The maximum absolute atomic E-state index is 9.31. The lowest BCUT2D eigenvalue weighted by Crippen LogP contribution is -2.47. The van der Waals surface area contributed by atoms with E-state index >= 15 is 0 Å². The van der Waals surface area contributed by atoms with Crippen molar-refractivity contribution in [1.29, 1.82) is 0 Å². The standard InChI is InChI=1S/C9H12ClNOS/c10-9-6(3-4-13-9)5-11-7-1-2-8(7)12/h3-4,7-8,11-12H,1-2,5H2/t7-,8-/m1/s1. The highest BCUT2D eigenvalue weighted by atomic mass is 35.5. The third-order valence-corrected chi connectivity index (χ3v) is 3.74. The summed E-state index contributed by atoms with van der Waals surface area (Å²) in [7, 11) is 0. The van der Waals surface area contributed by atoms with E-state index in [4.69, 9.17) is 11.6 Å². The Hall–Kier alpha value is -0.0900. The van der Waals surface area contributed by atoms with Crippen molar-refractivity contribution < 1.29 is 5.11 Å². The predicted molar refractivity (Wildman–Crippen MR) is 55.2 cm³/mol. The Morgan fingerprint density at radius 2 is 2.46 bits per heavy atom. The summed E-state index contributed by atoms with van der Waals surface area (Å²) >= 11 is 7.48. The Morgan fingerprint density at radius 1 is 1.62 bits per heavy atom. The fourth-order valence-electron chi connectivity index (χ4n) is 1.41.